The summed E-state index contributed by atoms with van der Waals surface area (Å²) in [6.07, 6.45) is 0. The lowest BCUT2D eigenvalue weighted by atomic mass is 10.1. The highest BCUT2D eigenvalue weighted by Gasteiger charge is 2.15. The molecule has 0 bridgehead atoms. The highest BCUT2D eigenvalue weighted by Crippen LogP contribution is 2.21. The van der Waals surface area contributed by atoms with E-state index in [1.807, 2.05) is 0 Å². The molecule has 0 aliphatic carbocycles. The molecule has 0 unspecified atom stereocenters. The Morgan fingerprint density at radius 2 is 1.88 bits per heavy atom. The van der Waals surface area contributed by atoms with E-state index < -0.39 is 11.8 Å². The Morgan fingerprint density at radius 1 is 1.21 bits per heavy atom. The molecule has 0 heterocycles. The Kier molecular flexibility index (Phi) is 5.76. The van der Waals surface area contributed by atoms with Crippen molar-refractivity contribution in [1.29, 1.82) is 0 Å². The van der Waals surface area contributed by atoms with Crippen LogP contribution in [0.4, 0.5) is 9.18 Å². The minimum atomic E-state index is -0.614. The van der Waals surface area contributed by atoms with Crippen molar-refractivity contribution in [3.8, 4) is 0 Å². The maximum absolute atomic E-state index is 13.8. The summed E-state index contributed by atoms with van der Waals surface area (Å²) < 4.78 is 13.8. The quantitative estimate of drug-likeness (QED) is 0.870. The third-order valence-electron chi connectivity index (χ3n) is 3.47. The van der Waals surface area contributed by atoms with Gasteiger partial charge in [-0.1, -0.05) is 29.8 Å². The zero-order valence-electron chi connectivity index (χ0n) is 13.1. The highest BCUT2D eigenvalue weighted by molar-refractivity contribution is 6.31. The highest BCUT2D eigenvalue weighted by atomic mass is 35.5. The van der Waals surface area contributed by atoms with Crippen molar-refractivity contribution in [2.45, 2.75) is 13.1 Å². The van der Waals surface area contributed by atoms with Crippen molar-refractivity contribution < 1.29 is 14.0 Å². The number of rotatable bonds is 5. The van der Waals surface area contributed by atoms with Gasteiger partial charge in [-0.25, -0.2) is 9.18 Å². The molecule has 3 amide bonds. The molecule has 0 saturated heterocycles. The van der Waals surface area contributed by atoms with Crippen molar-refractivity contribution in [1.82, 2.24) is 10.2 Å². The third kappa shape index (κ3) is 4.45. The van der Waals surface area contributed by atoms with Crippen LogP contribution < -0.4 is 11.1 Å². The molecule has 0 aliphatic rings. The topological polar surface area (TPSA) is 75.4 Å². The predicted octanol–water partition coefficient (Wildman–Crippen LogP) is 2.92. The smallest absolute Gasteiger partial charge is 0.312 e. The maximum Gasteiger partial charge on any atom is 0.312 e. The first-order chi connectivity index (χ1) is 11.4. The Bertz CT molecular complexity index is 730. The molecule has 0 atom stereocenters. The van der Waals surface area contributed by atoms with E-state index in [-0.39, 0.29) is 29.6 Å². The van der Waals surface area contributed by atoms with E-state index in [9.17, 15) is 14.0 Å². The largest absolute Gasteiger partial charge is 0.352 e. The standard InChI is InChI=1S/C17H17ClFN3O2/c1-22(10-13-14(18)3-2-4-15(13)19)16(23)12-7-5-11(6-8-12)9-21-17(20)24/h2-8H,9-10H2,1H3,(H3,20,21,24). The minimum Gasteiger partial charge on any atom is -0.352 e. The molecule has 0 fully saturated rings. The number of hydrogen-bond acceptors (Lipinski definition) is 2. The van der Waals surface area contributed by atoms with Crippen molar-refractivity contribution in [3.63, 3.8) is 0 Å². The fourth-order valence-electron chi connectivity index (χ4n) is 2.17. The number of hydrogen-bond donors (Lipinski definition) is 2. The molecule has 7 heteroatoms. The zero-order valence-corrected chi connectivity index (χ0v) is 13.8. The number of benzene rings is 2. The molecule has 3 N–H and O–H groups in total. The van der Waals surface area contributed by atoms with Crippen LogP contribution in [0.5, 0.6) is 0 Å². The number of nitrogens with two attached hydrogens (primary N) is 1. The Morgan fingerprint density at radius 3 is 2.46 bits per heavy atom. The lowest BCUT2D eigenvalue weighted by Gasteiger charge is -2.18. The van der Waals surface area contributed by atoms with E-state index in [4.69, 9.17) is 17.3 Å². The fourth-order valence-corrected chi connectivity index (χ4v) is 2.39. The van der Waals surface area contributed by atoms with E-state index in [0.717, 1.165) is 5.56 Å². The molecule has 2 rings (SSSR count). The summed E-state index contributed by atoms with van der Waals surface area (Å²) in [6.45, 7) is 0.347. The number of nitrogens with one attached hydrogen (secondary N) is 1. The van der Waals surface area contributed by atoms with Gasteiger partial charge >= 0.3 is 6.03 Å². The van der Waals surface area contributed by atoms with Crippen molar-refractivity contribution in [2.75, 3.05) is 7.05 Å². The lowest BCUT2D eigenvalue weighted by Crippen LogP contribution is -2.29. The number of carbonyl (C=O) groups is 2. The SMILES string of the molecule is CN(Cc1c(F)cccc1Cl)C(=O)c1ccc(CNC(N)=O)cc1. The molecule has 126 valence electrons. The molecule has 0 saturated carbocycles. The summed E-state index contributed by atoms with van der Waals surface area (Å²) in [6, 6.07) is 10.5. The molecule has 0 spiro atoms. The van der Waals surface area contributed by atoms with Gasteiger partial charge in [0.25, 0.3) is 5.91 Å². The predicted molar refractivity (Wildman–Crippen MR) is 90.1 cm³/mol. The van der Waals surface area contributed by atoms with E-state index in [2.05, 4.69) is 5.32 Å². The Balaban J connectivity index is 2.06. The van der Waals surface area contributed by atoms with Gasteiger partial charge in [0, 0.05) is 36.3 Å². The average Bonchev–Trinajstić information content (AvgIpc) is 2.56. The van der Waals surface area contributed by atoms with Crippen LogP contribution in [0.2, 0.25) is 5.02 Å². The van der Waals surface area contributed by atoms with E-state index >= 15 is 0 Å². The molecule has 5 nitrogen and oxygen atoms in total. The van der Waals surface area contributed by atoms with Crippen molar-refractivity contribution in [2.24, 2.45) is 5.73 Å². The molecular formula is C17H17ClFN3O2. The first kappa shape index (κ1) is 17.7. The molecular weight excluding hydrogens is 333 g/mol. The van der Waals surface area contributed by atoms with Crippen molar-refractivity contribution >= 4 is 23.5 Å². The van der Waals surface area contributed by atoms with Crippen LogP contribution in [0.3, 0.4) is 0 Å². The lowest BCUT2D eigenvalue weighted by molar-refractivity contribution is 0.0784. The monoisotopic (exact) mass is 349 g/mol. The number of nitrogens with zero attached hydrogens (tertiary/aromatic N) is 1. The number of primary amides is 1. The summed E-state index contributed by atoms with van der Waals surface area (Å²) >= 11 is 5.98. The molecule has 2 aromatic carbocycles. The van der Waals surface area contributed by atoms with Gasteiger partial charge in [-0.05, 0) is 29.8 Å². The van der Waals surface area contributed by atoms with E-state index in [1.165, 1.54) is 17.0 Å². The maximum atomic E-state index is 13.8. The molecule has 0 aromatic heterocycles. The molecule has 24 heavy (non-hydrogen) atoms. The van der Waals surface area contributed by atoms with Crippen LogP contribution in [0.25, 0.3) is 0 Å². The summed E-state index contributed by atoms with van der Waals surface area (Å²) in [5.74, 6) is -0.709. The second-order valence-corrected chi connectivity index (χ2v) is 5.68. The van der Waals surface area contributed by atoms with Crippen LogP contribution >= 0.6 is 11.6 Å². The van der Waals surface area contributed by atoms with Gasteiger partial charge in [0.15, 0.2) is 0 Å². The first-order valence-corrected chi connectivity index (χ1v) is 7.57. The van der Waals surface area contributed by atoms with Gasteiger partial charge in [-0.3, -0.25) is 4.79 Å². The summed E-state index contributed by atoms with van der Waals surface area (Å²) in [7, 11) is 1.58. The fraction of sp³-hybridized carbons (Fsp3) is 0.176. The van der Waals surface area contributed by atoms with Gasteiger partial charge < -0.3 is 16.0 Å². The number of halogens is 2. The zero-order chi connectivity index (χ0) is 17.7. The summed E-state index contributed by atoms with van der Waals surface area (Å²) in [5.41, 5.74) is 6.54. The number of carbonyl (C=O) groups excluding carboxylic acids is 2. The van der Waals surface area contributed by atoms with Gasteiger partial charge in [0.2, 0.25) is 0 Å². The first-order valence-electron chi connectivity index (χ1n) is 7.19. The third-order valence-corrected chi connectivity index (χ3v) is 3.83. The second-order valence-electron chi connectivity index (χ2n) is 5.28. The van der Waals surface area contributed by atoms with Crippen LogP contribution in [-0.4, -0.2) is 23.9 Å². The van der Waals surface area contributed by atoms with Gasteiger partial charge in [-0.15, -0.1) is 0 Å². The van der Waals surface area contributed by atoms with Gasteiger partial charge in [-0.2, -0.15) is 0 Å². The molecule has 0 aliphatic heterocycles. The van der Waals surface area contributed by atoms with E-state index in [1.54, 1.807) is 37.4 Å². The van der Waals surface area contributed by atoms with Gasteiger partial charge in [0.05, 0.1) is 0 Å². The normalized spacial score (nSPS) is 10.3. The van der Waals surface area contributed by atoms with Crippen molar-refractivity contribution in [3.05, 3.63) is 70.0 Å². The molecule has 0 radical (unpaired) electrons. The molecule has 2 aromatic rings. The van der Waals surface area contributed by atoms with Crippen LogP contribution in [0.15, 0.2) is 42.5 Å². The van der Waals surface area contributed by atoms with E-state index in [0.29, 0.717) is 5.56 Å². The Labute approximate surface area is 144 Å². The van der Waals surface area contributed by atoms with Gasteiger partial charge in [0.1, 0.15) is 5.82 Å². The average molecular weight is 350 g/mol. The van der Waals surface area contributed by atoms with Crippen LogP contribution in [-0.2, 0) is 13.1 Å². The minimum absolute atomic E-state index is 0.0648. The second kappa shape index (κ2) is 7.79. The number of amides is 3. The summed E-state index contributed by atoms with van der Waals surface area (Å²) in [5, 5.41) is 2.75. The number of urea groups is 1. The van der Waals surface area contributed by atoms with Crippen LogP contribution in [0.1, 0.15) is 21.5 Å². The Hall–Kier alpha value is -2.60. The van der Waals surface area contributed by atoms with Crippen LogP contribution in [0, 0.1) is 5.82 Å². The summed E-state index contributed by atoms with van der Waals surface area (Å²) in [4.78, 5) is 24.5.